The van der Waals surface area contributed by atoms with Gasteiger partial charge in [0.05, 0.1) is 6.10 Å². The van der Waals surface area contributed by atoms with Gasteiger partial charge in [0.2, 0.25) is 0 Å². The minimum atomic E-state index is -0.268. The maximum atomic E-state index is 10.4. The van der Waals surface area contributed by atoms with E-state index in [1.807, 2.05) is 6.07 Å². The van der Waals surface area contributed by atoms with E-state index in [1.165, 1.54) is 24.0 Å². The molecule has 1 spiro atoms. The minimum absolute atomic E-state index is 0.0983. The van der Waals surface area contributed by atoms with E-state index in [1.54, 1.807) is 0 Å². The fourth-order valence-corrected chi connectivity index (χ4v) is 4.26. The maximum Gasteiger partial charge on any atom is 0.0796 e. The maximum absolute atomic E-state index is 10.4. The zero-order chi connectivity index (χ0) is 14.5. The largest absolute Gasteiger partial charge is 0.399 e. The Kier molecular flexibility index (Phi) is 3.11. The number of unbranched alkanes of at least 4 members (excludes halogenated alkanes) is 1. The Morgan fingerprint density at radius 1 is 1.30 bits per heavy atom. The molecule has 3 nitrogen and oxygen atoms in total. The van der Waals surface area contributed by atoms with E-state index in [0.717, 1.165) is 18.7 Å². The van der Waals surface area contributed by atoms with Gasteiger partial charge in [0.1, 0.15) is 0 Å². The molecule has 0 radical (unpaired) electrons. The van der Waals surface area contributed by atoms with Gasteiger partial charge in [0.25, 0.3) is 0 Å². The van der Waals surface area contributed by atoms with Crippen molar-refractivity contribution < 1.29 is 5.11 Å². The Hall–Kier alpha value is -1.06. The van der Waals surface area contributed by atoms with Crippen molar-refractivity contribution in [1.29, 1.82) is 0 Å². The minimum Gasteiger partial charge on any atom is -0.399 e. The number of hydrogen-bond donors (Lipinski definition) is 3. The highest BCUT2D eigenvalue weighted by Crippen LogP contribution is 2.63. The smallest absolute Gasteiger partial charge is 0.0796 e. The highest BCUT2D eigenvalue weighted by atomic mass is 16.3. The molecule has 4 atom stereocenters. The summed E-state index contributed by atoms with van der Waals surface area (Å²) in [6.45, 7) is 7.53. The average molecular weight is 274 g/mol. The van der Waals surface area contributed by atoms with Crippen LogP contribution in [0.4, 0.5) is 5.69 Å². The number of hydrogen-bond acceptors (Lipinski definition) is 3. The van der Waals surface area contributed by atoms with Crippen LogP contribution in [-0.2, 0) is 10.8 Å². The lowest BCUT2D eigenvalue weighted by molar-refractivity contribution is 0.0488. The lowest BCUT2D eigenvalue weighted by Gasteiger charge is -2.49. The van der Waals surface area contributed by atoms with Crippen LogP contribution in [0.15, 0.2) is 18.2 Å². The quantitative estimate of drug-likeness (QED) is 0.689. The molecule has 0 amide bonds. The highest BCUT2D eigenvalue weighted by Gasteiger charge is 2.69. The third kappa shape index (κ3) is 1.54. The van der Waals surface area contributed by atoms with Crippen LogP contribution in [0.1, 0.15) is 51.2 Å². The van der Waals surface area contributed by atoms with Gasteiger partial charge in [-0.25, -0.2) is 0 Å². The van der Waals surface area contributed by atoms with E-state index >= 15 is 0 Å². The molecule has 4 N–H and O–H groups in total. The van der Waals surface area contributed by atoms with Gasteiger partial charge < -0.3 is 16.2 Å². The lowest BCUT2D eigenvalue weighted by Crippen LogP contribution is -2.67. The van der Waals surface area contributed by atoms with Crippen LogP contribution in [0.25, 0.3) is 0 Å². The van der Waals surface area contributed by atoms with Crippen molar-refractivity contribution in [1.82, 2.24) is 5.32 Å². The number of fused-ring (bicyclic) bond motifs is 3. The number of anilines is 1. The molecule has 3 aliphatic rings. The van der Waals surface area contributed by atoms with E-state index < -0.39 is 0 Å². The average Bonchev–Trinajstić information content (AvgIpc) is 2.77. The zero-order valence-electron chi connectivity index (χ0n) is 12.7. The number of nitrogens with two attached hydrogens (primary N) is 1. The topological polar surface area (TPSA) is 58.3 Å². The number of nitrogens with one attached hydrogen (secondary N) is 1. The van der Waals surface area contributed by atoms with Crippen LogP contribution in [0.2, 0.25) is 0 Å². The van der Waals surface area contributed by atoms with Gasteiger partial charge in [-0.05, 0) is 29.7 Å². The highest BCUT2D eigenvalue weighted by molar-refractivity contribution is 5.60. The molecular weight excluding hydrogens is 248 g/mol. The lowest BCUT2D eigenvalue weighted by atomic mass is 9.68. The molecule has 4 unspecified atom stereocenters. The predicted molar refractivity (Wildman–Crippen MR) is 82.9 cm³/mol. The van der Waals surface area contributed by atoms with Crippen LogP contribution >= 0.6 is 0 Å². The number of nitrogen functional groups attached to an aromatic ring is 1. The molecule has 1 heterocycles. The summed E-state index contributed by atoms with van der Waals surface area (Å²) in [6.07, 6.45) is 3.44. The SMILES string of the molecule is CC12CC3(CNC3C1O)c1ccc(N)cc12.CCCC. The first-order chi connectivity index (χ1) is 9.49. The van der Waals surface area contributed by atoms with Crippen LogP contribution in [0, 0.1) is 0 Å². The van der Waals surface area contributed by atoms with E-state index in [0.29, 0.717) is 0 Å². The van der Waals surface area contributed by atoms with Gasteiger partial charge in [-0.1, -0.05) is 39.7 Å². The summed E-state index contributed by atoms with van der Waals surface area (Å²) in [7, 11) is 0. The molecule has 1 aromatic carbocycles. The van der Waals surface area contributed by atoms with Crippen LogP contribution in [0.3, 0.4) is 0 Å². The number of aliphatic hydroxyl groups excluding tert-OH is 1. The van der Waals surface area contributed by atoms with Crippen LogP contribution < -0.4 is 11.1 Å². The molecule has 2 aliphatic carbocycles. The second kappa shape index (κ2) is 4.47. The Balaban J connectivity index is 0.000000272. The molecule has 1 saturated heterocycles. The Morgan fingerprint density at radius 2 is 2.00 bits per heavy atom. The van der Waals surface area contributed by atoms with Crippen molar-refractivity contribution in [2.24, 2.45) is 0 Å². The summed E-state index contributed by atoms with van der Waals surface area (Å²) in [5.41, 5.74) is 9.46. The summed E-state index contributed by atoms with van der Waals surface area (Å²) in [4.78, 5) is 0. The van der Waals surface area contributed by atoms with Crippen molar-refractivity contribution >= 4 is 5.69 Å². The van der Waals surface area contributed by atoms with Crippen LogP contribution in [-0.4, -0.2) is 23.8 Å². The number of aliphatic hydroxyl groups is 1. The van der Waals surface area contributed by atoms with E-state index in [9.17, 15) is 5.11 Å². The first kappa shape index (κ1) is 13.9. The number of rotatable bonds is 1. The predicted octanol–water partition coefficient (Wildman–Crippen LogP) is 2.32. The fraction of sp³-hybridized carbons (Fsp3) is 0.647. The summed E-state index contributed by atoms with van der Waals surface area (Å²) >= 11 is 0. The Bertz CT molecular complexity index is 528. The first-order valence-electron chi connectivity index (χ1n) is 7.81. The molecule has 1 aliphatic heterocycles. The second-order valence-electron chi connectivity index (χ2n) is 6.86. The summed E-state index contributed by atoms with van der Waals surface area (Å²) in [6, 6.07) is 6.46. The summed E-state index contributed by atoms with van der Waals surface area (Å²) < 4.78 is 0. The van der Waals surface area contributed by atoms with Gasteiger partial charge in [0.15, 0.2) is 0 Å². The molecule has 4 rings (SSSR count). The molecule has 1 aromatic rings. The summed E-state index contributed by atoms with van der Waals surface area (Å²) in [5.74, 6) is 0. The Morgan fingerprint density at radius 3 is 2.55 bits per heavy atom. The van der Waals surface area contributed by atoms with Gasteiger partial charge in [-0.3, -0.25) is 0 Å². The molecule has 2 fully saturated rings. The van der Waals surface area contributed by atoms with Gasteiger partial charge in [-0.2, -0.15) is 0 Å². The van der Waals surface area contributed by atoms with Crippen molar-refractivity contribution in [2.45, 2.75) is 63.0 Å². The van der Waals surface area contributed by atoms with Crippen LogP contribution in [0.5, 0.6) is 0 Å². The molecule has 2 bridgehead atoms. The molecule has 1 saturated carbocycles. The van der Waals surface area contributed by atoms with Gasteiger partial charge in [-0.15, -0.1) is 0 Å². The normalized spacial score (nSPS) is 39.4. The van der Waals surface area contributed by atoms with Crippen molar-refractivity contribution in [3.05, 3.63) is 29.3 Å². The van der Waals surface area contributed by atoms with Crippen molar-refractivity contribution in [3.63, 3.8) is 0 Å². The van der Waals surface area contributed by atoms with Crippen molar-refractivity contribution in [2.75, 3.05) is 12.3 Å². The zero-order valence-corrected chi connectivity index (χ0v) is 12.7. The van der Waals surface area contributed by atoms with E-state index in [-0.39, 0.29) is 23.0 Å². The molecule has 3 heteroatoms. The molecule has 110 valence electrons. The summed E-state index contributed by atoms with van der Waals surface area (Å²) in [5, 5.41) is 13.8. The molecular formula is C17H26N2O. The number of benzene rings is 1. The molecule has 0 aromatic heterocycles. The first-order valence-corrected chi connectivity index (χ1v) is 7.81. The van der Waals surface area contributed by atoms with Gasteiger partial charge in [0, 0.05) is 29.1 Å². The third-order valence-electron chi connectivity index (χ3n) is 5.58. The van der Waals surface area contributed by atoms with E-state index in [4.69, 9.17) is 5.73 Å². The fourth-order valence-electron chi connectivity index (χ4n) is 4.26. The monoisotopic (exact) mass is 274 g/mol. The van der Waals surface area contributed by atoms with Crippen molar-refractivity contribution in [3.8, 4) is 0 Å². The molecule has 20 heavy (non-hydrogen) atoms. The standard InChI is InChI=1S/C13H16N2O.C4H10/c1-12-5-13(6-15-10(13)11(12)16)8-3-2-7(14)4-9(8)12;1-3-4-2/h2-4,10-11,15-16H,5-6,14H2,1H3;3-4H2,1-2H3. The second-order valence-corrected chi connectivity index (χ2v) is 6.86. The Labute approximate surface area is 121 Å². The third-order valence-corrected chi connectivity index (χ3v) is 5.58. The van der Waals surface area contributed by atoms with Gasteiger partial charge >= 0.3 is 0 Å². The van der Waals surface area contributed by atoms with E-state index in [2.05, 4.69) is 38.2 Å².